The van der Waals surface area contributed by atoms with Gasteiger partial charge in [-0.3, -0.25) is 9.59 Å². The fraction of sp³-hybridized carbons (Fsp3) is 0.882. The molecule has 6 nitrogen and oxygen atoms in total. The summed E-state index contributed by atoms with van der Waals surface area (Å²) in [6.07, 6.45) is 80.8. The second-order valence-electron chi connectivity index (χ2n) is 22.8. The minimum atomic E-state index is -0.841. The molecule has 0 aliphatic rings. The largest absolute Gasteiger partial charge is 0.466 e. The number of carbonyl (C=O) groups excluding carboxylic acids is 2. The maximum Gasteiger partial charge on any atom is 0.305 e. The highest BCUT2D eigenvalue weighted by Crippen LogP contribution is 2.17. The molecule has 0 aromatic carbocycles. The van der Waals surface area contributed by atoms with Crippen LogP contribution in [0.3, 0.4) is 0 Å². The molecule has 1 amide bonds. The summed E-state index contributed by atoms with van der Waals surface area (Å²) in [5.74, 6) is -0.0533. The highest BCUT2D eigenvalue weighted by atomic mass is 16.5. The third kappa shape index (κ3) is 59.3. The van der Waals surface area contributed by atoms with Crippen LogP contribution in [0.25, 0.3) is 0 Å². The highest BCUT2D eigenvalue weighted by molar-refractivity contribution is 5.76. The van der Waals surface area contributed by atoms with Crippen LogP contribution in [-0.2, 0) is 14.3 Å². The summed E-state index contributed by atoms with van der Waals surface area (Å²) in [6.45, 7) is 4.89. The number of esters is 1. The maximum absolute atomic E-state index is 12.4. The monoisotopic (exact) mass is 1040 g/mol. The van der Waals surface area contributed by atoms with Crippen LogP contribution in [-0.4, -0.2) is 47.4 Å². The smallest absolute Gasteiger partial charge is 0.305 e. The third-order valence-corrected chi connectivity index (χ3v) is 15.4. The molecule has 0 aliphatic carbocycles. The van der Waals surface area contributed by atoms with E-state index in [1.54, 1.807) is 6.08 Å². The van der Waals surface area contributed by atoms with Crippen molar-refractivity contribution in [2.24, 2.45) is 0 Å². The zero-order valence-electron chi connectivity index (χ0n) is 49.8. The van der Waals surface area contributed by atoms with Gasteiger partial charge in [-0.15, -0.1) is 0 Å². The van der Waals surface area contributed by atoms with Gasteiger partial charge in [-0.25, -0.2) is 0 Å². The Balaban J connectivity index is 3.34. The first kappa shape index (κ1) is 72.1. The Hall–Kier alpha value is -1.92. The van der Waals surface area contributed by atoms with E-state index >= 15 is 0 Å². The molecule has 436 valence electrons. The van der Waals surface area contributed by atoms with Crippen LogP contribution in [0.5, 0.6) is 0 Å². The van der Waals surface area contributed by atoms with E-state index in [2.05, 4.69) is 43.5 Å². The first-order chi connectivity index (χ1) is 36.5. The summed E-state index contributed by atoms with van der Waals surface area (Å²) in [6, 6.07) is -0.625. The molecule has 3 N–H and O–H groups in total. The number of amides is 1. The summed E-state index contributed by atoms with van der Waals surface area (Å²) >= 11 is 0. The van der Waals surface area contributed by atoms with Crippen LogP contribution in [0.2, 0.25) is 0 Å². The Labute approximate surface area is 462 Å². The standard InChI is InChI=1S/C68H129NO5/c1-3-5-7-9-11-13-14-15-16-17-29-33-36-39-42-46-50-54-58-62-68(73)74-63-59-55-51-47-43-40-37-34-31-28-26-24-22-20-18-19-21-23-25-27-30-32-35-38-41-45-49-53-57-61-67(72)69-65(64-70)66(71)60-56-52-48-44-12-10-8-6-4-2/h15-16,18,20,56,60,65-66,70-71H,3-14,17,19,21-55,57-59,61-64H2,1-2H3,(H,69,72)/b16-15-,20-18-,60-56+. The minimum Gasteiger partial charge on any atom is -0.466 e. The zero-order valence-corrected chi connectivity index (χ0v) is 49.8. The Bertz CT molecular complexity index is 1200. The van der Waals surface area contributed by atoms with E-state index < -0.39 is 12.1 Å². The number of rotatable bonds is 62. The van der Waals surface area contributed by atoms with Gasteiger partial charge in [0.2, 0.25) is 5.91 Å². The number of ether oxygens (including phenoxy) is 1. The zero-order chi connectivity index (χ0) is 53.6. The number of allylic oxidation sites excluding steroid dienone is 5. The van der Waals surface area contributed by atoms with E-state index in [4.69, 9.17) is 4.74 Å². The average Bonchev–Trinajstić information content (AvgIpc) is 3.40. The molecular weight excluding hydrogens is 911 g/mol. The number of carbonyl (C=O) groups is 2. The van der Waals surface area contributed by atoms with Crippen LogP contribution < -0.4 is 5.32 Å². The van der Waals surface area contributed by atoms with Crippen molar-refractivity contribution in [3.8, 4) is 0 Å². The van der Waals surface area contributed by atoms with Gasteiger partial charge in [-0.1, -0.05) is 301 Å². The fourth-order valence-electron chi connectivity index (χ4n) is 10.3. The van der Waals surface area contributed by atoms with Gasteiger partial charge in [-0.2, -0.15) is 0 Å². The van der Waals surface area contributed by atoms with Crippen LogP contribution in [0.1, 0.15) is 361 Å². The van der Waals surface area contributed by atoms with E-state index in [1.165, 1.54) is 295 Å². The van der Waals surface area contributed by atoms with Crippen LogP contribution >= 0.6 is 0 Å². The number of aliphatic hydroxyl groups excluding tert-OH is 2. The van der Waals surface area contributed by atoms with E-state index in [0.29, 0.717) is 19.4 Å². The molecule has 0 aromatic rings. The lowest BCUT2D eigenvalue weighted by Gasteiger charge is -2.20. The van der Waals surface area contributed by atoms with Gasteiger partial charge in [0.15, 0.2) is 0 Å². The average molecular weight is 1040 g/mol. The molecule has 0 bridgehead atoms. The molecule has 0 fully saturated rings. The summed E-state index contributed by atoms with van der Waals surface area (Å²) < 4.78 is 5.51. The van der Waals surface area contributed by atoms with Crippen molar-refractivity contribution >= 4 is 11.9 Å². The summed E-state index contributed by atoms with van der Waals surface area (Å²) in [7, 11) is 0. The van der Waals surface area contributed by atoms with Crippen molar-refractivity contribution in [3.63, 3.8) is 0 Å². The molecule has 74 heavy (non-hydrogen) atoms. The molecule has 0 aliphatic heterocycles. The summed E-state index contributed by atoms with van der Waals surface area (Å²) in [5.41, 5.74) is 0. The molecular formula is C68H129NO5. The van der Waals surface area contributed by atoms with Gasteiger partial charge in [0.05, 0.1) is 25.4 Å². The second kappa shape index (κ2) is 63.6. The Morgan fingerprint density at radius 1 is 0.365 bits per heavy atom. The van der Waals surface area contributed by atoms with Gasteiger partial charge >= 0.3 is 5.97 Å². The van der Waals surface area contributed by atoms with Crippen LogP contribution in [0.15, 0.2) is 36.5 Å². The predicted molar refractivity (Wildman–Crippen MR) is 324 cm³/mol. The van der Waals surface area contributed by atoms with Gasteiger partial charge < -0.3 is 20.3 Å². The lowest BCUT2D eigenvalue weighted by atomic mass is 10.0. The molecule has 0 spiro atoms. The normalized spacial score (nSPS) is 12.8. The molecule has 6 heteroatoms. The van der Waals surface area contributed by atoms with Gasteiger partial charge in [0, 0.05) is 12.8 Å². The molecule has 0 heterocycles. The predicted octanol–water partition coefficient (Wildman–Crippen LogP) is 21.1. The second-order valence-corrected chi connectivity index (χ2v) is 22.8. The molecule has 0 saturated heterocycles. The summed E-state index contributed by atoms with van der Waals surface area (Å²) in [4.78, 5) is 24.5. The SMILES string of the molecule is CCCCCCCC/C=C\CCCCCCCCCCCC(=O)OCCCCCCCCCCCCCC/C=C\CCCCCCCCCCCCCCCC(=O)NC(CO)C(O)/C=C/CCCCCCCCC. The number of aliphatic hydroxyl groups is 2. The molecule has 0 rings (SSSR count). The molecule has 0 aromatic heterocycles. The minimum absolute atomic E-state index is 0.0158. The lowest BCUT2D eigenvalue weighted by Crippen LogP contribution is -2.45. The maximum atomic E-state index is 12.4. The van der Waals surface area contributed by atoms with Crippen molar-refractivity contribution in [1.29, 1.82) is 0 Å². The molecule has 2 unspecified atom stereocenters. The third-order valence-electron chi connectivity index (χ3n) is 15.4. The topological polar surface area (TPSA) is 95.9 Å². The Kier molecular flexibility index (Phi) is 62.0. The van der Waals surface area contributed by atoms with Crippen molar-refractivity contribution in [1.82, 2.24) is 5.32 Å². The molecule has 2 atom stereocenters. The van der Waals surface area contributed by atoms with Crippen molar-refractivity contribution < 1.29 is 24.5 Å². The highest BCUT2D eigenvalue weighted by Gasteiger charge is 2.18. The lowest BCUT2D eigenvalue weighted by molar-refractivity contribution is -0.143. The fourth-order valence-corrected chi connectivity index (χ4v) is 10.3. The van der Waals surface area contributed by atoms with Gasteiger partial charge in [0.1, 0.15) is 0 Å². The first-order valence-corrected chi connectivity index (χ1v) is 33.3. The van der Waals surface area contributed by atoms with Gasteiger partial charge in [-0.05, 0) is 83.5 Å². The van der Waals surface area contributed by atoms with E-state index in [1.807, 2.05) is 6.08 Å². The quantitative estimate of drug-likeness (QED) is 0.0320. The number of nitrogens with one attached hydrogen (secondary N) is 1. The Morgan fingerprint density at radius 3 is 0.959 bits per heavy atom. The van der Waals surface area contributed by atoms with E-state index in [9.17, 15) is 19.8 Å². The van der Waals surface area contributed by atoms with Gasteiger partial charge in [0.25, 0.3) is 0 Å². The van der Waals surface area contributed by atoms with Crippen molar-refractivity contribution in [3.05, 3.63) is 36.5 Å². The molecule has 0 saturated carbocycles. The van der Waals surface area contributed by atoms with E-state index in [-0.39, 0.29) is 18.5 Å². The van der Waals surface area contributed by atoms with Crippen LogP contribution in [0.4, 0.5) is 0 Å². The molecule has 0 radical (unpaired) electrons. The number of hydrogen-bond acceptors (Lipinski definition) is 5. The van der Waals surface area contributed by atoms with E-state index in [0.717, 1.165) is 38.5 Å². The number of hydrogen-bond donors (Lipinski definition) is 3. The van der Waals surface area contributed by atoms with Crippen molar-refractivity contribution in [2.75, 3.05) is 13.2 Å². The summed E-state index contributed by atoms with van der Waals surface area (Å²) in [5, 5.41) is 23.0. The van der Waals surface area contributed by atoms with Crippen molar-refractivity contribution in [2.45, 2.75) is 373 Å². The number of unbranched alkanes of at least 4 members (excludes halogenated alkanes) is 47. The Morgan fingerprint density at radius 2 is 0.635 bits per heavy atom. The first-order valence-electron chi connectivity index (χ1n) is 33.3. The van der Waals surface area contributed by atoms with Crippen LogP contribution in [0, 0.1) is 0 Å².